The van der Waals surface area contributed by atoms with E-state index < -0.39 is 0 Å². The number of amides is 1. The molecule has 0 aliphatic heterocycles. The fraction of sp³-hybridized carbons (Fsp3) is 0.556. The smallest absolute Gasteiger partial charge is 0.243 e. The second-order valence-electron chi connectivity index (χ2n) is 6.55. The summed E-state index contributed by atoms with van der Waals surface area (Å²) in [5.41, 5.74) is 0.821. The highest BCUT2D eigenvalue weighted by Gasteiger charge is 2.18. The van der Waals surface area contributed by atoms with E-state index in [0.29, 0.717) is 12.5 Å². The largest absolute Gasteiger partial charge is 0.377 e. The van der Waals surface area contributed by atoms with E-state index in [0.717, 1.165) is 5.56 Å². The van der Waals surface area contributed by atoms with Crippen molar-refractivity contribution in [2.24, 2.45) is 4.99 Å². The number of halogens is 1. The van der Waals surface area contributed by atoms with E-state index >= 15 is 0 Å². The highest BCUT2D eigenvalue weighted by atomic mass is 127. The topological polar surface area (TPSA) is 66.0 Å². The van der Waals surface area contributed by atoms with Crippen LogP contribution in [0.1, 0.15) is 32.4 Å². The van der Waals surface area contributed by atoms with Gasteiger partial charge in [0.25, 0.3) is 0 Å². The molecule has 2 N–H and O–H groups in total. The maximum Gasteiger partial charge on any atom is 0.243 e. The number of likely N-dealkylation sites (N-methyl/N-ethyl adjacent to an activating group) is 1. The third-order valence-corrected chi connectivity index (χ3v) is 3.76. The van der Waals surface area contributed by atoms with Gasteiger partial charge in [-0.3, -0.25) is 4.79 Å². The molecule has 0 aliphatic carbocycles. The van der Waals surface area contributed by atoms with E-state index in [1.54, 1.807) is 21.2 Å². The zero-order chi connectivity index (χ0) is 18.2. The average Bonchev–Trinajstić information content (AvgIpc) is 2.57. The van der Waals surface area contributed by atoms with Gasteiger partial charge in [0, 0.05) is 27.7 Å². The summed E-state index contributed by atoms with van der Waals surface area (Å²) in [6.07, 6.45) is 0. The molecule has 0 heterocycles. The number of nitrogens with one attached hydrogen (secondary N) is 2. The summed E-state index contributed by atoms with van der Waals surface area (Å²) in [6, 6.07) is 10.2. The molecular formula is C18H31IN4O2. The van der Waals surface area contributed by atoms with Crippen molar-refractivity contribution in [2.75, 3.05) is 34.3 Å². The van der Waals surface area contributed by atoms with Crippen molar-refractivity contribution in [2.45, 2.75) is 32.4 Å². The Morgan fingerprint density at radius 2 is 1.88 bits per heavy atom. The third kappa shape index (κ3) is 9.06. The Bertz CT molecular complexity index is 547. The molecule has 7 heteroatoms. The Kier molecular flexibility index (Phi) is 10.7. The van der Waals surface area contributed by atoms with Gasteiger partial charge >= 0.3 is 0 Å². The van der Waals surface area contributed by atoms with Crippen LogP contribution in [-0.4, -0.2) is 56.7 Å². The molecule has 0 saturated heterocycles. The molecule has 0 fully saturated rings. The van der Waals surface area contributed by atoms with Crippen molar-refractivity contribution in [1.29, 1.82) is 0 Å². The van der Waals surface area contributed by atoms with E-state index in [-0.39, 0.29) is 48.1 Å². The Labute approximate surface area is 168 Å². The summed E-state index contributed by atoms with van der Waals surface area (Å²) in [7, 11) is 5.12. The first-order chi connectivity index (χ1) is 11.2. The normalized spacial score (nSPS) is 12.8. The molecule has 0 saturated carbocycles. The summed E-state index contributed by atoms with van der Waals surface area (Å²) in [5, 5.41) is 6.59. The molecule has 1 aromatic carbocycles. The minimum atomic E-state index is -0.329. The third-order valence-electron chi connectivity index (χ3n) is 3.76. The van der Waals surface area contributed by atoms with Gasteiger partial charge in [-0.15, -0.1) is 24.0 Å². The standard InChI is InChI=1S/C18H30N4O2.HI/c1-14(15-10-8-7-9-11-15)21-17(19-12-16(23)22(4)5)20-13-18(2,3)24-6;/h7-11,14H,12-13H2,1-6H3,(H2,19,20,21);1H. The van der Waals surface area contributed by atoms with Crippen LogP contribution in [0, 0.1) is 0 Å². The van der Waals surface area contributed by atoms with Gasteiger partial charge < -0.3 is 20.3 Å². The van der Waals surface area contributed by atoms with Crippen LogP contribution in [0.3, 0.4) is 0 Å². The van der Waals surface area contributed by atoms with Gasteiger partial charge in [-0.2, -0.15) is 0 Å². The maximum absolute atomic E-state index is 11.8. The molecule has 1 amide bonds. The van der Waals surface area contributed by atoms with E-state index in [1.165, 1.54) is 4.90 Å². The molecule has 25 heavy (non-hydrogen) atoms. The van der Waals surface area contributed by atoms with Crippen LogP contribution in [0.2, 0.25) is 0 Å². The lowest BCUT2D eigenvalue weighted by Crippen LogP contribution is -2.46. The Balaban J connectivity index is 0.00000576. The number of methoxy groups -OCH3 is 1. The van der Waals surface area contributed by atoms with Gasteiger partial charge in [0.15, 0.2) is 5.96 Å². The first-order valence-corrected chi connectivity index (χ1v) is 8.10. The number of aliphatic imine (C=N–C) groups is 1. The van der Waals surface area contributed by atoms with Crippen molar-refractivity contribution < 1.29 is 9.53 Å². The lowest BCUT2D eigenvalue weighted by molar-refractivity contribution is -0.127. The monoisotopic (exact) mass is 462 g/mol. The van der Waals surface area contributed by atoms with Crippen molar-refractivity contribution in [1.82, 2.24) is 15.5 Å². The molecule has 0 spiro atoms. The molecule has 1 rings (SSSR count). The van der Waals surface area contributed by atoms with Crippen LogP contribution in [-0.2, 0) is 9.53 Å². The molecule has 0 bridgehead atoms. The van der Waals surface area contributed by atoms with Crippen molar-refractivity contribution >= 4 is 35.8 Å². The molecule has 6 nitrogen and oxygen atoms in total. The summed E-state index contributed by atoms with van der Waals surface area (Å²) < 4.78 is 5.42. The highest BCUT2D eigenvalue weighted by Crippen LogP contribution is 2.11. The quantitative estimate of drug-likeness (QED) is 0.371. The zero-order valence-electron chi connectivity index (χ0n) is 16.0. The van der Waals surface area contributed by atoms with Crippen molar-refractivity contribution in [3.8, 4) is 0 Å². The van der Waals surface area contributed by atoms with Gasteiger partial charge in [0.2, 0.25) is 5.91 Å². The van der Waals surface area contributed by atoms with Crippen LogP contribution < -0.4 is 10.6 Å². The van der Waals surface area contributed by atoms with Crippen LogP contribution in [0.5, 0.6) is 0 Å². The van der Waals surface area contributed by atoms with Crippen LogP contribution in [0.15, 0.2) is 35.3 Å². The van der Waals surface area contributed by atoms with Crippen LogP contribution in [0.4, 0.5) is 0 Å². The molecular weight excluding hydrogens is 431 g/mol. The predicted octanol–water partition coefficient (Wildman–Crippen LogP) is 2.41. The number of carbonyl (C=O) groups is 1. The zero-order valence-corrected chi connectivity index (χ0v) is 18.3. The van der Waals surface area contributed by atoms with E-state index in [9.17, 15) is 4.79 Å². The minimum Gasteiger partial charge on any atom is -0.377 e. The first kappa shape index (κ1) is 23.6. The fourth-order valence-corrected chi connectivity index (χ4v) is 1.84. The molecule has 1 unspecified atom stereocenters. The predicted molar refractivity (Wildman–Crippen MR) is 113 cm³/mol. The lowest BCUT2D eigenvalue weighted by atomic mass is 10.1. The molecule has 1 atom stereocenters. The molecule has 0 aromatic heterocycles. The van der Waals surface area contributed by atoms with Gasteiger partial charge in [0.05, 0.1) is 11.6 Å². The maximum atomic E-state index is 11.8. The summed E-state index contributed by atoms with van der Waals surface area (Å²) in [6.45, 7) is 6.71. The Morgan fingerprint density at radius 3 is 2.40 bits per heavy atom. The number of ether oxygens (including phenoxy) is 1. The number of hydrogen-bond acceptors (Lipinski definition) is 3. The van der Waals surface area contributed by atoms with Gasteiger partial charge in [-0.05, 0) is 26.3 Å². The van der Waals surface area contributed by atoms with Crippen molar-refractivity contribution in [3.05, 3.63) is 35.9 Å². The van der Waals surface area contributed by atoms with E-state index in [1.807, 2.05) is 32.0 Å². The van der Waals surface area contributed by atoms with E-state index in [2.05, 4.69) is 34.7 Å². The van der Waals surface area contributed by atoms with Gasteiger partial charge in [-0.1, -0.05) is 30.3 Å². The molecule has 0 aliphatic rings. The molecule has 0 radical (unpaired) electrons. The number of rotatable bonds is 7. The summed E-state index contributed by atoms with van der Waals surface area (Å²) >= 11 is 0. The molecule has 1 aromatic rings. The van der Waals surface area contributed by atoms with Gasteiger partial charge in [0.1, 0.15) is 6.54 Å². The first-order valence-electron chi connectivity index (χ1n) is 8.10. The summed E-state index contributed by atoms with van der Waals surface area (Å²) in [4.78, 5) is 17.7. The number of nitrogens with zero attached hydrogens (tertiary/aromatic N) is 2. The average molecular weight is 462 g/mol. The van der Waals surface area contributed by atoms with Gasteiger partial charge in [-0.25, -0.2) is 4.99 Å². The number of benzene rings is 1. The number of hydrogen-bond donors (Lipinski definition) is 2. The fourth-order valence-electron chi connectivity index (χ4n) is 1.84. The number of guanidine groups is 1. The molecule has 142 valence electrons. The Hall–Kier alpha value is -1.35. The second-order valence-corrected chi connectivity index (χ2v) is 6.55. The minimum absolute atomic E-state index is 0. The lowest BCUT2D eigenvalue weighted by Gasteiger charge is -2.26. The summed E-state index contributed by atoms with van der Waals surface area (Å²) in [5.74, 6) is 0.543. The Morgan fingerprint density at radius 1 is 1.28 bits per heavy atom. The van der Waals surface area contributed by atoms with Crippen LogP contribution >= 0.6 is 24.0 Å². The second kappa shape index (κ2) is 11.3. The van der Waals surface area contributed by atoms with E-state index in [4.69, 9.17) is 4.74 Å². The van der Waals surface area contributed by atoms with Crippen molar-refractivity contribution in [3.63, 3.8) is 0 Å². The SMILES string of the molecule is COC(C)(C)CNC(=NCC(=O)N(C)C)NC(C)c1ccccc1.I. The van der Waals surface area contributed by atoms with Crippen LogP contribution in [0.25, 0.3) is 0 Å². The number of carbonyl (C=O) groups excluding carboxylic acids is 1. The highest BCUT2D eigenvalue weighted by molar-refractivity contribution is 14.0.